The number of rotatable bonds is 0. The van der Waals surface area contributed by atoms with E-state index in [1.165, 1.54) is 17.8 Å². The third kappa shape index (κ3) is 1.70. The highest BCUT2D eigenvalue weighted by molar-refractivity contribution is 8.01. The second-order valence-corrected chi connectivity index (χ2v) is 6.04. The maximum atomic E-state index is 12.6. The molecule has 0 saturated heterocycles. The van der Waals surface area contributed by atoms with E-state index in [2.05, 4.69) is 5.32 Å². The Morgan fingerprint density at radius 2 is 2.00 bits per heavy atom. The van der Waals surface area contributed by atoms with E-state index in [4.69, 9.17) is 0 Å². The lowest BCUT2D eigenvalue weighted by atomic mass is 9.83. The summed E-state index contributed by atoms with van der Waals surface area (Å²) < 4.78 is 37.3. The highest BCUT2D eigenvalue weighted by atomic mass is 32.2. The van der Waals surface area contributed by atoms with Crippen molar-refractivity contribution in [1.29, 1.82) is 0 Å². The van der Waals surface area contributed by atoms with Crippen molar-refractivity contribution >= 4 is 23.4 Å². The Morgan fingerprint density at radius 3 is 2.56 bits per heavy atom. The van der Waals surface area contributed by atoms with Crippen LogP contribution in [0.5, 0.6) is 0 Å². The molecule has 0 atom stereocenters. The van der Waals surface area contributed by atoms with Crippen molar-refractivity contribution in [1.82, 2.24) is 0 Å². The molecule has 1 fully saturated rings. The zero-order valence-corrected chi connectivity index (χ0v) is 10.1. The number of fused-ring (bicyclic) bond motifs is 1. The summed E-state index contributed by atoms with van der Waals surface area (Å²) in [5.41, 5.74) is -0.455. The van der Waals surface area contributed by atoms with Gasteiger partial charge in [0.1, 0.15) is 0 Å². The van der Waals surface area contributed by atoms with Crippen LogP contribution in [-0.4, -0.2) is 10.7 Å². The molecule has 1 heterocycles. The monoisotopic (exact) mass is 273 g/mol. The predicted molar refractivity (Wildman–Crippen MR) is 62.5 cm³/mol. The van der Waals surface area contributed by atoms with Crippen LogP contribution in [0.4, 0.5) is 18.9 Å². The van der Waals surface area contributed by atoms with Gasteiger partial charge in [-0.05, 0) is 37.5 Å². The molecular formula is C12H10F3NOS. The molecule has 1 N–H and O–H groups in total. The van der Waals surface area contributed by atoms with E-state index in [0.29, 0.717) is 0 Å². The summed E-state index contributed by atoms with van der Waals surface area (Å²) in [4.78, 5) is 12.6. The first-order chi connectivity index (χ1) is 8.41. The minimum absolute atomic E-state index is 0.162. The van der Waals surface area contributed by atoms with Gasteiger partial charge in [-0.15, -0.1) is 11.8 Å². The van der Waals surface area contributed by atoms with Gasteiger partial charge in [0, 0.05) is 4.90 Å². The molecule has 3 rings (SSSR count). The topological polar surface area (TPSA) is 29.1 Å². The molecule has 1 aromatic carbocycles. The summed E-state index contributed by atoms with van der Waals surface area (Å²) in [5.74, 6) is -0.162. The summed E-state index contributed by atoms with van der Waals surface area (Å²) in [6, 6.07) is 3.52. The summed E-state index contributed by atoms with van der Waals surface area (Å²) in [5, 5.41) is 2.61. The largest absolute Gasteiger partial charge is 0.416 e. The van der Waals surface area contributed by atoms with Crippen molar-refractivity contribution in [2.75, 3.05) is 5.32 Å². The summed E-state index contributed by atoms with van der Waals surface area (Å²) >= 11 is 1.39. The van der Waals surface area contributed by atoms with Crippen molar-refractivity contribution < 1.29 is 18.0 Å². The number of carbonyl (C=O) groups excluding carboxylic acids is 1. The SMILES string of the molecule is O=C1Nc2cc(C(F)(F)F)ccc2SC12CCC2. The molecule has 0 aromatic heterocycles. The first-order valence-electron chi connectivity index (χ1n) is 5.62. The standard InChI is InChI=1S/C12H10F3NOS/c13-12(14,15)7-2-3-9-8(6-7)16-10(17)11(18-9)4-1-5-11/h2-3,6H,1,4-5H2,(H,16,17). The maximum Gasteiger partial charge on any atom is 0.416 e. The number of carbonyl (C=O) groups is 1. The molecule has 1 aliphatic carbocycles. The lowest BCUT2D eigenvalue weighted by Crippen LogP contribution is -2.47. The molecule has 2 aliphatic rings. The molecule has 0 radical (unpaired) electrons. The lowest BCUT2D eigenvalue weighted by Gasteiger charge is -2.42. The Balaban J connectivity index is 1.98. The molecule has 1 aliphatic heterocycles. The van der Waals surface area contributed by atoms with Crippen LogP contribution in [0.15, 0.2) is 23.1 Å². The van der Waals surface area contributed by atoms with E-state index in [-0.39, 0.29) is 11.6 Å². The average Bonchev–Trinajstić information content (AvgIpc) is 2.23. The van der Waals surface area contributed by atoms with Crippen LogP contribution in [0.3, 0.4) is 0 Å². The smallest absolute Gasteiger partial charge is 0.324 e. The first-order valence-corrected chi connectivity index (χ1v) is 6.44. The fraction of sp³-hybridized carbons (Fsp3) is 0.417. The average molecular weight is 273 g/mol. The van der Waals surface area contributed by atoms with E-state index in [1.54, 1.807) is 0 Å². The van der Waals surface area contributed by atoms with E-state index < -0.39 is 16.5 Å². The minimum Gasteiger partial charge on any atom is -0.324 e. The Morgan fingerprint density at radius 1 is 1.28 bits per heavy atom. The van der Waals surface area contributed by atoms with Crippen molar-refractivity contribution in [3.8, 4) is 0 Å². The first kappa shape index (κ1) is 11.9. The number of hydrogen-bond acceptors (Lipinski definition) is 2. The zero-order valence-electron chi connectivity index (χ0n) is 9.30. The van der Waals surface area contributed by atoms with Crippen molar-refractivity contribution in [2.45, 2.75) is 35.1 Å². The number of nitrogens with one attached hydrogen (secondary N) is 1. The van der Waals surface area contributed by atoms with E-state index in [1.807, 2.05) is 0 Å². The van der Waals surface area contributed by atoms with Crippen LogP contribution in [0.1, 0.15) is 24.8 Å². The highest BCUT2D eigenvalue weighted by Crippen LogP contribution is 2.53. The molecule has 1 spiro atoms. The fourth-order valence-electron chi connectivity index (χ4n) is 2.21. The van der Waals surface area contributed by atoms with Gasteiger partial charge >= 0.3 is 6.18 Å². The molecule has 1 aromatic rings. The van der Waals surface area contributed by atoms with Gasteiger partial charge in [0.2, 0.25) is 5.91 Å². The number of thioether (sulfide) groups is 1. The van der Waals surface area contributed by atoms with Gasteiger partial charge in [-0.3, -0.25) is 4.79 Å². The van der Waals surface area contributed by atoms with E-state index >= 15 is 0 Å². The van der Waals surface area contributed by atoms with Crippen molar-refractivity contribution in [3.05, 3.63) is 23.8 Å². The van der Waals surface area contributed by atoms with Gasteiger partial charge in [-0.1, -0.05) is 0 Å². The molecule has 6 heteroatoms. The number of alkyl halides is 3. The van der Waals surface area contributed by atoms with Crippen LogP contribution in [0.2, 0.25) is 0 Å². The van der Waals surface area contributed by atoms with Gasteiger partial charge < -0.3 is 5.32 Å². The molecule has 0 unspecified atom stereocenters. The summed E-state index contributed by atoms with van der Waals surface area (Å²) in [6.45, 7) is 0. The number of benzene rings is 1. The fourth-order valence-corrected chi connectivity index (χ4v) is 3.63. The zero-order chi connectivity index (χ0) is 13.0. The number of halogens is 3. The molecule has 1 saturated carbocycles. The van der Waals surface area contributed by atoms with Gasteiger partial charge in [0.05, 0.1) is 16.0 Å². The highest BCUT2D eigenvalue weighted by Gasteiger charge is 2.48. The lowest BCUT2D eigenvalue weighted by molar-refractivity contribution is -0.137. The van der Waals surface area contributed by atoms with Crippen molar-refractivity contribution in [3.63, 3.8) is 0 Å². The van der Waals surface area contributed by atoms with Crippen LogP contribution < -0.4 is 5.32 Å². The van der Waals surface area contributed by atoms with Crippen LogP contribution in [-0.2, 0) is 11.0 Å². The third-order valence-corrected chi connectivity index (χ3v) is 5.00. The second kappa shape index (κ2) is 3.66. The Kier molecular flexibility index (Phi) is 2.42. The molecule has 0 bridgehead atoms. The second-order valence-electron chi connectivity index (χ2n) is 4.61. The third-order valence-electron chi connectivity index (χ3n) is 3.44. The normalized spacial score (nSPS) is 21.2. The summed E-state index contributed by atoms with van der Waals surface area (Å²) in [7, 11) is 0. The van der Waals surface area contributed by atoms with Gasteiger partial charge in [-0.25, -0.2) is 0 Å². The molecule has 1 amide bonds. The molecular weight excluding hydrogens is 263 g/mol. The maximum absolute atomic E-state index is 12.6. The number of hydrogen-bond donors (Lipinski definition) is 1. The molecule has 18 heavy (non-hydrogen) atoms. The quantitative estimate of drug-likeness (QED) is 0.781. The van der Waals surface area contributed by atoms with Gasteiger partial charge in [0.15, 0.2) is 0 Å². The summed E-state index contributed by atoms with van der Waals surface area (Å²) in [6.07, 6.45) is -1.79. The molecule has 2 nitrogen and oxygen atoms in total. The predicted octanol–water partition coefficient (Wildman–Crippen LogP) is 3.67. The Bertz CT molecular complexity index is 523. The Hall–Kier alpha value is -1.17. The molecule has 96 valence electrons. The van der Waals surface area contributed by atoms with Crippen LogP contribution in [0.25, 0.3) is 0 Å². The number of amides is 1. The number of anilines is 1. The van der Waals surface area contributed by atoms with E-state index in [0.717, 1.165) is 36.3 Å². The van der Waals surface area contributed by atoms with E-state index in [9.17, 15) is 18.0 Å². The Labute approximate surface area is 106 Å². The minimum atomic E-state index is -4.38. The van der Waals surface area contributed by atoms with Crippen molar-refractivity contribution in [2.24, 2.45) is 0 Å². The van der Waals surface area contributed by atoms with Crippen LogP contribution >= 0.6 is 11.8 Å². The van der Waals surface area contributed by atoms with Gasteiger partial charge in [-0.2, -0.15) is 13.2 Å². The van der Waals surface area contributed by atoms with Crippen LogP contribution in [0, 0.1) is 0 Å². The van der Waals surface area contributed by atoms with Gasteiger partial charge in [0.25, 0.3) is 0 Å².